The van der Waals surface area contributed by atoms with E-state index in [1.165, 1.54) is 0 Å². The first-order valence-electron chi connectivity index (χ1n) is 7.23. The number of nitrogens with one attached hydrogen (secondary N) is 2. The van der Waals surface area contributed by atoms with Gasteiger partial charge in [-0.05, 0) is 38.0 Å². The Hall–Kier alpha value is -1.55. The summed E-state index contributed by atoms with van der Waals surface area (Å²) in [4.78, 5) is 11.8. The molecule has 1 rings (SSSR count). The Kier molecular flexibility index (Phi) is 7.09. The van der Waals surface area contributed by atoms with Crippen LogP contribution in [0, 0.1) is 0 Å². The molecule has 20 heavy (non-hydrogen) atoms. The maximum absolute atomic E-state index is 11.8. The first-order chi connectivity index (χ1) is 9.56. The van der Waals surface area contributed by atoms with E-state index in [-0.39, 0.29) is 18.0 Å². The average molecular weight is 278 g/mol. The highest BCUT2D eigenvalue weighted by Gasteiger charge is 2.09. The van der Waals surface area contributed by atoms with Crippen molar-refractivity contribution in [2.24, 2.45) is 0 Å². The van der Waals surface area contributed by atoms with Crippen molar-refractivity contribution in [1.29, 1.82) is 0 Å². The SMILES string of the molecule is CCCC(C)NC(=O)CN[C@@H](C)c1ccc(OC)cc1. The van der Waals surface area contributed by atoms with Crippen LogP contribution in [0.2, 0.25) is 0 Å². The van der Waals surface area contributed by atoms with Gasteiger partial charge in [0.2, 0.25) is 5.91 Å². The van der Waals surface area contributed by atoms with Crippen molar-refractivity contribution in [3.63, 3.8) is 0 Å². The van der Waals surface area contributed by atoms with E-state index in [4.69, 9.17) is 4.74 Å². The fraction of sp³-hybridized carbons (Fsp3) is 0.562. The lowest BCUT2D eigenvalue weighted by molar-refractivity contribution is -0.121. The van der Waals surface area contributed by atoms with Crippen LogP contribution in [0.4, 0.5) is 0 Å². The van der Waals surface area contributed by atoms with Crippen LogP contribution in [0.1, 0.15) is 45.2 Å². The molecule has 0 radical (unpaired) electrons. The molecule has 0 fully saturated rings. The highest BCUT2D eigenvalue weighted by atomic mass is 16.5. The number of hydrogen-bond donors (Lipinski definition) is 2. The number of benzene rings is 1. The first-order valence-corrected chi connectivity index (χ1v) is 7.23. The molecule has 0 spiro atoms. The van der Waals surface area contributed by atoms with Crippen molar-refractivity contribution in [2.45, 2.75) is 45.7 Å². The predicted molar refractivity (Wildman–Crippen MR) is 81.9 cm³/mol. The van der Waals surface area contributed by atoms with E-state index >= 15 is 0 Å². The second-order valence-corrected chi connectivity index (χ2v) is 5.13. The number of carbonyl (C=O) groups excluding carboxylic acids is 1. The molecule has 0 saturated carbocycles. The summed E-state index contributed by atoms with van der Waals surface area (Å²) in [5.41, 5.74) is 1.14. The molecule has 0 heterocycles. The number of methoxy groups -OCH3 is 1. The van der Waals surface area contributed by atoms with Crippen molar-refractivity contribution in [1.82, 2.24) is 10.6 Å². The lowest BCUT2D eigenvalue weighted by Crippen LogP contribution is -2.39. The van der Waals surface area contributed by atoms with Crippen molar-refractivity contribution < 1.29 is 9.53 Å². The Labute approximate surface area is 121 Å². The molecule has 0 aliphatic heterocycles. The summed E-state index contributed by atoms with van der Waals surface area (Å²) < 4.78 is 5.13. The van der Waals surface area contributed by atoms with Crippen molar-refractivity contribution in [2.75, 3.05) is 13.7 Å². The average Bonchev–Trinajstić information content (AvgIpc) is 2.45. The largest absolute Gasteiger partial charge is 0.497 e. The molecule has 0 aliphatic rings. The quantitative estimate of drug-likeness (QED) is 0.768. The zero-order valence-electron chi connectivity index (χ0n) is 12.9. The van der Waals surface area contributed by atoms with Gasteiger partial charge in [-0.2, -0.15) is 0 Å². The number of rotatable bonds is 8. The predicted octanol–water partition coefficient (Wildman–Crippen LogP) is 2.65. The van der Waals surface area contributed by atoms with Gasteiger partial charge >= 0.3 is 0 Å². The normalized spacial score (nSPS) is 13.6. The van der Waals surface area contributed by atoms with E-state index in [0.29, 0.717) is 6.54 Å². The summed E-state index contributed by atoms with van der Waals surface area (Å²) in [5.74, 6) is 0.887. The van der Waals surface area contributed by atoms with E-state index in [2.05, 4.69) is 17.6 Å². The minimum Gasteiger partial charge on any atom is -0.497 e. The molecule has 1 aromatic rings. The number of amides is 1. The molecule has 112 valence electrons. The summed E-state index contributed by atoms with van der Waals surface area (Å²) in [7, 11) is 1.65. The number of carbonyl (C=O) groups is 1. The molecule has 1 amide bonds. The van der Waals surface area contributed by atoms with Crippen molar-refractivity contribution >= 4 is 5.91 Å². The van der Waals surface area contributed by atoms with E-state index in [9.17, 15) is 4.79 Å². The third-order valence-electron chi connectivity index (χ3n) is 3.31. The van der Waals surface area contributed by atoms with Crippen LogP contribution >= 0.6 is 0 Å². The highest BCUT2D eigenvalue weighted by molar-refractivity contribution is 5.78. The molecule has 2 atom stereocenters. The van der Waals surface area contributed by atoms with Gasteiger partial charge in [-0.3, -0.25) is 4.79 Å². The number of hydrogen-bond acceptors (Lipinski definition) is 3. The van der Waals surface area contributed by atoms with Gasteiger partial charge in [0.15, 0.2) is 0 Å². The molecule has 0 aromatic heterocycles. The molecule has 0 saturated heterocycles. The maximum atomic E-state index is 11.8. The smallest absolute Gasteiger partial charge is 0.234 e. The topological polar surface area (TPSA) is 50.4 Å². The monoisotopic (exact) mass is 278 g/mol. The zero-order valence-corrected chi connectivity index (χ0v) is 12.9. The fourth-order valence-corrected chi connectivity index (χ4v) is 2.09. The Morgan fingerprint density at radius 1 is 1.25 bits per heavy atom. The molecule has 1 unspecified atom stereocenters. The zero-order chi connectivity index (χ0) is 15.0. The molecule has 4 nitrogen and oxygen atoms in total. The lowest BCUT2D eigenvalue weighted by atomic mass is 10.1. The third-order valence-corrected chi connectivity index (χ3v) is 3.31. The summed E-state index contributed by atoms with van der Waals surface area (Å²) in [6, 6.07) is 8.24. The van der Waals surface area contributed by atoms with Gasteiger partial charge in [0.1, 0.15) is 5.75 Å². The van der Waals surface area contributed by atoms with Crippen molar-refractivity contribution in [3.8, 4) is 5.75 Å². The van der Waals surface area contributed by atoms with E-state index < -0.39 is 0 Å². The van der Waals surface area contributed by atoms with Gasteiger partial charge < -0.3 is 15.4 Å². The highest BCUT2D eigenvalue weighted by Crippen LogP contribution is 2.16. The number of ether oxygens (including phenoxy) is 1. The summed E-state index contributed by atoms with van der Waals surface area (Å²) >= 11 is 0. The molecular formula is C16H26N2O2. The minimum absolute atomic E-state index is 0.0475. The van der Waals surface area contributed by atoms with Crippen LogP contribution in [0.25, 0.3) is 0 Å². The van der Waals surface area contributed by atoms with Crippen LogP contribution in [-0.2, 0) is 4.79 Å². The van der Waals surface area contributed by atoms with Gasteiger partial charge in [-0.1, -0.05) is 25.5 Å². The minimum atomic E-state index is 0.0475. The van der Waals surface area contributed by atoms with Crippen LogP contribution in [0.3, 0.4) is 0 Å². The van der Waals surface area contributed by atoms with E-state index in [0.717, 1.165) is 24.2 Å². The Bertz CT molecular complexity index is 403. The molecule has 2 N–H and O–H groups in total. The third kappa shape index (κ3) is 5.61. The molecule has 1 aromatic carbocycles. The standard InChI is InChI=1S/C16H26N2O2/c1-5-6-12(2)18-16(19)11-17-13(3)14-7-9-15(20-4)10-8-14/h7-10,12-13,17H,5-6,11H2,1-4H3,(H,18,19)/t12?,13-/m0/s1. The second kappa shape index (κ2) is 8.59. The first kappa shape index (κ1) is 16.5. The Morgan fingerprint density at radius 3 is 2.45 bits per heavy atom. The van der Waals surface area contributed by atoms with E-state index in [1.54, 1.807) is 7.11 Å². The van der Waals surface area contributed by atoms with Gasteiger partial charge in [0, 0.05) is 12.1 Å². The van der Waals surface area contributed by atoms with E-state index in [1.807, 2.05) is 38.1 Å². The summed E-state index contributed by atoms with van der Waals surface area (Å²) in [5, 5.41) is 6.22. The van der Waals surface area contributed by atoms with Crippen molar-refractivity contribution in [3.05, 3.63) is 29.8 Å². The Balaban J connectivity index is 2.38. The van der Waals surface area contributed by atoms with Gasteiger partial charge in [0.05, 0.1) is 13.7 Å². The molecule has 0 bridgehead atoms. The van der Waals surface area contributed by atoms with Gasteiger partial charge in [0.25, 0.3) is 0 Å². The molecule has 4 heteroatoms. The van der Waals surface area contributed by atoms with Gasteiger partial charge in [-0.15, -0.1) is 0 Å². The van der Waals surface area contributed by atoms with Crippen LogP contribution < -0.4 is 15.4 Å². The summed E-state index contributed by atoms with van der Waals surface area (Å²) in [6.07, 6.45) is 2.09. The second-order valence-electron chi connectivity index (χ2n) is 5.13. The molecular weight excluding hydrogens is 252 g/mol. The molecule has 0 aliphatic carbocycles. The van der Waals surface area contributed by atoms with Crippen LogP contribution in [0.15, 0.2) is 24.3 Å². The van der Waals surface area contributed by atoms with Crippen LogP contribution in [0.5, 0.6) is 5.75 Å². The van der Waals surface area contributed by atoms with Gasteiger partial charge in [-0.25, -0.2) is 0 Å². The fourth-order valence-electron chi connectivity index (χ4n) is 2.09. The Morgan fingerprint density at radius 2 is 1.90 bits per heavy atom. The lowest BCUT2D eigenvalue weighted by Gasteiger charge is -2.17. The maximum Gasteiger partial charge on any atom is 0.234 e. The summed E-state index contributed by atoms with van der Waals surface area (Å²) in [6.45, 7) is 6.53. The van der Waals surface area contributed by atoms with Crippen LogP contribution in [-0.4, -0.2) is 25.6 Å².